The molecule has 3 unspecified atom stereocenters. The molecule has 0 amide bonds. The summed E-state index contributed by atoms with van der Waals surface area (Å²) in [6, 6.07) is 1.24. The summed E-state index contributed by atoms with van der Waals surface area (Å²) in [6.07, 6.45) is 3.60. The van der Waals surface area contributed by atoms with E-state index in [2.05, 4.69) is 44.8 Å². The summed E-state index contributed by atoms with van der Waals surface area (Å²) < 4.78 is 5.25. The summed E-state index contributed by atoms with van der Waals surface area (Å²) in [7, 11) is 1.80. The Bertz CT molecular complexity index is 257. The highest BCUT2D eigenvalue weighted by Crippen LogP contribution is 2.27. The molecular formula is C16H34N2O. The van der Waals surface area contributed by atoms with Gasteiger partial charge in [0, 0.05) is 44.4 Å². The lowest BCUT2D eigenvalue weighted by atomic mass is 9.88. The minimum absolute atomic E-state index is 0.292. The third kappa shape index (κ3) is 4.73. The van der Waals surface area contributed by atoms with E-state index in [1.165, 1.54) is 19.4 Å². The lowest BCUT2D eigenvalue weighted by Crippen LogP contribution is -2.65. The van der Waals surface area contributed by atoms with E-state index < -0.39 is 0 Å². The topological polar surface area (TPSA) is 24.5 Å². The molecule has 1 rings (SSSR count). The Balaban J connectivity index is 2.67. The first-order valence-electron chi connectivity index (χ1n) is 7.92. The van der Waals surface area contributed by atoms with E-state index in [-0.39, 0.29) is 0 Å². The lowest BCUT2D eigenvalue weighted by Gasteiger charge is -2.51. The van der Waals surface area contributed by atoms with Crippen LogP contribution in [0, 0.1) is 5.92 Å². The first-order chi connectivity index (χ1) is 8.92. The summed E-state index contributed by atoms with van der Waals surface area (Å²) in [5.41, 5.74) is 0.292. The van der Waals surface area contributed by atoms with Crippen LogP contribution in [0.25, 0.3) is 0 Å². The Morgan fingerprint density at radius 2 is 2.05 bits per heavy atom. The Morgan fingerprint density at radius 1 is 1.37 bits per heavy atom. The van der Waals surface area contributed by atoms with E-state index in [1.54, 1.807) is 7.11 Å². The minimum atomic E-state index is 0.292. The maximum atomic E-state index is 5.25. The van der Waals surface area contributed by atoms with E-state index in [0.29, 0.717) is 17.6 Å². The van der Waals surface area contributed by atoms with Gasteiger partial charge in [0.15, 0.2) is 0 Å². The lowest BCUT2D eigenvalue weighted by molar-refractivity contribution is 0.00239. The first-order valence-corrected chi connectivity index (χ1v) is 7.92. The van der Waals surface area contributed by atoms with Gasteiger partial charge in [-0.15, -0.1) is 0 Å². The van der Waals surface area contributed by atoms with E-state index >= 15 is 0 Å². The van der Waals surface area contributed by atoms with Crippen LogP contribution >= 0.6 is 0 Å². The fourth-order valence-electron chi connectivity index (χ4n) is 3.20. The van der Waals surface area contributed by atoms with Crippen LogP contribution in [0.3, 0.4) is 0 Å². The number of hydrogen-bond acceptors (Lipinski definition) is 3. The second-order valence-corrected chi connectivity index (χ2v) is 6.84. The zero-order valence-electron chi connectivity index (χ0n) is 13.8. The molecule has 0 radical (unpaired) electrons. The van der Waals surface area contributed by atoms with Crippen molar-refractivity contribution < 1.29 is 4.74 Å². The van der Waals surface area contributed by atoms with E-state index in [1.807, 2.05) is 0 Å². The van der Waals surface area contributed by atoms with E-state index in [9.17, 15) is 0 Å². The van der Waals surface area contributed by atoms with E-state index in [0.717, 1.165) is 25.5 Å². The molecule has 1 saturated heterocycles. The van der Waals surface area contributed by atoms with Gasteiger partial charge >= 0.3 is 0 Å². The van der Waals surface area contributed by atoms with Crippen molar-refractivity contribution in [1.82, 2.24) is 10.2 Å². The van der Waals surface area contributed by atoms with Crippen molar-refractivity contribution in [2.75, 3.05) is 26.8 Å². The zero-order valence-corrected chi connectivity index (χ0v) is 13.8. The highest BCUT2D eigenvalue weighted by atomic mass is 16.5. The molecule has 1 aliphatic heterocycles. The molecule has 3 heteroatoms. The molecule has 1 heterocycles. The predicted octanol–water partition coefficient (Wildman–Crippen LogP) is 2.90. The third-order valence-electron chi connectivity index (χ3n) is 4.67. The number of piperazine rings is 1. The Labute approximate surface area is 120 Å². The fourth-order valence-corrected chi connectivity index (χ4v) is 3.20. The quantitative estimate of drug-likeness (QED) is 0.770. The van der Waals surface area contributed by atoms with Crippen molar-refractivity contribution in [3.8, 4) is 0 Å². The Morgan fingerprint density at radius 3 is 2.58 bits per heavy atom. The first kappa shape index (κ1) is 16.9. The summed E-state index contributed by atoms with van der Waals surface area (Å²) in [4.78, 5) is 2.72. The largest absolute Gasteiger partial charge is 0.385 e. The molecule has 0 aromatic carbocycles. The van der Waals surface area contributed by atoms with Crippen LogP contribution in [0.15, 0.2) is 0 Å². The monoisotopic (exact) mass is 270 g/mol. The number of ether oxygens (including phenoxy) is 1. The molecule has 1 fully saturated rings. The van der Waals surface area contributed by atoms with Crippen LogP contribution in [0.2, 0.25) is 0 Å². The minimum Gasteiger partial charge on any atom is -0.385 e. The van der Waals surface area contributed by atoms with Gasteiger partial charge < -0.3 is 10.1 Å². The molecule has 1 aliphatic rings. The van der Waals surface area contributed by atoms with Crippen LogP contribution in [0.5, 0.6) is 0 Å². The number of methoxy groups -OCH3 is 1. The van der Waals surface area contributed by atoms with Gasteiger partial charge in [0.05, 0.1) is 0 Å². The van der Waals surface area contributed by atoms with Gasteiger partial charge in [0.2, 0.25) is 0 Å². The van der Waals surface area contributed by atoms with Gasteiger partial charge in [-0.1, -0.05) is 20.8 Å². The van der Waals surface area contributed by atoms with Crippen molar-refractivity contribution in [2.24, 2.45) is 5.92 Å². The molecule has 3 nitrogen and oxygen atoms in total. The molecule has 114 valence electrons. The highest BCUT2D eigenvalue weighted by molar-refractivity contribution is 4.97. The van der Waals surface area contributed by atoms with Crippen LogP contribution in [-0.2, 0) is 4.74 Å². The third-order valence-corrected chi connectivity index (χ3v) is 4.67. The van der Waals surface area contributed by atoms with Crippen LogP contribution in [0.1, 0.15) is 53.9 Å². The second kappa shape index (κ2) is 7.61. The number of nitrogens with zero attached hydrogens (tertiary/aromatic N) is 1. The maximum absolute atomic E-state index is 5.25. The molecule has 0 saturated carbocycles. The zero-order chi connectivity index (χ0) is 14.5. The average molecular weight is 270 g/mol. The molecule has 19 heavy (non-hydrogen) atoms. The SMILES string of the molecule is CCC1(C)CNC(CC(C)C)CN1C(C)CCOC. The number of hydrogen-bond donors (Lipinski definition) is 1. The highest BCUT2D eigenvalue weighted by Gasteiger charge is 2.38. The molecular weight excluding hydrogens is 236 g/mol. The van der Waals surface area contributed by atoms with Gasteiger partial charge in [-0.05, 0) is 39.0 Å². The summed E-state index contributed by atoms with van der Waals surface area (Å²) in [5.74, 6) is 0.764. The van der Waals surface area contributed by atoms with Gasteiger partial charge in [-0.25, -0.2) is 0 Å². The van der Waals surface area contributed by atoms with Crippen LogP contribution < -0.4 is 5.32 Å². The van der Waals surface area contributed by atoms with Gasteiger partial charge in [0.25, 0.3) is 0 Å². The summed E-state index contributed by atoms with van der Waals surface area (Å²) in [6.45, 7) is 14.8. The van der Waals surface area contributed by atoms with Crippen LogP contribution in [0.4, 0.5) is 0 Å². The van der Waals surface area contributed by atoms with Gasteiger partial charge in [-0.2, -0.15) is 0 Å². The molecule has 3 atom stereocenters. The van der Waals surface area contributed by atoms with Crippen molar-refractivity contribution in [2.45, 2.75) is 71.5 Å². The normalized spacial score (nSPS) is 30.8. The van der Waals surface area contributed by atoms with Crippen LogP contribution in [-0.4, -0.2) is 49.3 Å². The predicted molar refractivity (Wildman–Crippen MR) is 82.6 cm³/mol. The Kier molecular flexibility index (Phi) is 6.78. The number of rotatable bonds is 7. The average Bonchev–Trinajstić information content (AvgIpc) is 2.37. The standard InChI is InChI=1S/C16H34N2O/c1-7-16(5)12-17-15(10-13(2)3)11-18(16)14(4)8-9-19-6/h13-15,17H,7-12H2,1-6H3. The molecule has 0 aromatic heterocycles. The number of nitrogens with one attached hydrogen (secondary N) is 1. The van der Waals surface area contributed by atoms with Gasteiger partial charge in [-0.3, -0.25) is 4.90 Å². The van der Waals surface area contributed by atoms with Gasteiger partial charge in [0.1, 0.15) is 0 Å². The molecule has 0 aliphatic carbocycles. The fraction of sp³-hybridized carbons (Fsp3) is 1.00. The molecule has 0 aromatic rings. The van der Waals surface area contributed by atoms with Crippen molar-refractivity contribution >= 4 is 0 Å². The smallest absolute Gasteiger partial charge is 0.0477 e. The van der Waals surface area contributed by atoms with Crippen molar-refractivity contribution in [3.05, 3.63) is 0 Å². The summed E-state index contributed by atoms with van der Waals surface area (Å²) >= 11 is 0. The molecule has 1 N–H and O–H groups in total. The maximum Gasteiger partial charge on any atom is 0.0477 e. The molecule has 0 bridgehead atoms. The molecule has 0 spiro atoms. The van der Waals surface area contributed by atoms with Crippen molar-refractivity contribution in [1.29, 1.82) is 0 Å². The van der Waals surface area contributed by atoms with Crippen molar-refractivity contribution in [3.63, 3.8) is 0 Å². The Hall–Kier alpha value is -0.120. The van der Waals surface area contributed by atoms with E-state index in [4.69, 9.17) is 4.74 Å². The summed E-state index contributed by atoms with van der Waals surface area (Å²) in [5, 5.41) is 3.76. The second-order valence-electron chi connectivity index (χ2n) is 6.84.